The Bertz CT molecular complexity index is 337. The van der Waals surface area contributed by atoms with Crippen molar-refractivity contribution in [1.82, 2.24) is 4.90 Å². The smallest absolute Gasteiger partial charge is 0.311 e. The van der Waals surface area contributed by atoms with Gasteiger partial charge in [-0.3, -0.25) is 9.59 Å². The van der Waals surface area contributed by atoms with E-state index in [1.807, 2.05) is 6.92 Å². The summed E-state index contributed by atoms with van der Waals surface area (Å²) in [5, 5.41) is 9.19. The van der Waals surface area contributed by atoms with Crippen LogP contribution < -0.4 is 5.73 Å². The lowest BCUT2D eigenvalue weighted by atomic mass is 10.0. The SMILES string of the molecule is CCCN(C(=O)C(N)CCOC)C1COCC1C(=O)O. The molecule has 3 unspecified atom stereocenters. The Balaban J connectivity index is 2.76. The first-order valence-corrected chi connectivity index (χ1v) is 6.88. The highest BCUT2D eigenvalue weighted by Gasteiger charge is 2.40. The van der Waals surface area contributed by atoms with Crippen LogP contribution in [0, 0.1) is 5.92 Å². The second-order valence-electron chi connectivity index (χ2n) is 4.97. The maximum atomic E-state index is 12.4. The molecule has 7 nitrogen and oxygen atoms in total. The quantitative estimate of drug-likeness (QED) is 0.635. The molecule has 1 fully saturated rings. The van der Waals surface area contributed by atoms with Crippen LogP contribution in [0.1, 0.15) is 19.8 Å². The summed E-state index contributed by atoms with van der Waals surface area (Å²) in [6.45, 7) is 3.21. The summed E-state index contributed by atoms with van der Waals surface area (Å²) in [5.74, 6) is -1.85. The maximum absolute atomic E-state index is 12.4. The van der Waals surface area contributed by atoms with Gasteiger partial charge in [0.1, 0.15) is 5.92 Å². The first-order chi connectivity index (χ1) is 9.52. The van der Waals surface area contributed by atoms with Crippen molar-refractivity contribution in [1.29, 1.82) is 0 Å². The normalized spacial score (nSPS) is 23.6. The van der Waals surface area contributed by atoms with Gasteiger partial charge in [-0.05, 0) is 12.8 Å². The van der Waals surface area contributed by atoms with Gasteiger partial charge in [-0.1, -0.05) is 6.92 Å². The van der Waals surface area contributed by atoms with Crippen molar-refractivity contribution in [3.8, 4) is 0 Å². The van der Waals surface area contributed by atoms with Crippen LogP contribution in [-0.4, -0.2) is 67.4 Å². The van der Waals surface area contributed by atoms with E-state index in [2.05, 4.69) is 0 Å². The number of carboxylic acids is 1. The highest BCUT2D eigenvalue weighted by atomic mass is 16.5. The summed E-state index contributed by atoms with van der Waals surface area (Å²) < 4.78 is 10.1. The maximum Gasteiger partial charge on any atom is 0.311 e. The molecule has 20 heavy (non-hydrogen) atoms. The number of amides is 1. The van der Waals surface area contributed by atoms with Crippen molar-refractivity contribution >= 4 is 11.9 Å². The van der Waals surface area contributed by atoms with Gasteiger partial charge >= 0.3 is 5.97 Å². The molecule has 0 aromatic carbocycles. The monoisotopic (exact) mass is 288 g/mol. The number of rotatable bonds is 8. The minimum absolute atomic E-state index is 0.140. The molecule has 0 aromatic rings. The summed E-state index contributed by atoms with van der Waals surface area (Å²) in [6.07, 6.45) is 1.16. The second kappa shape index (κ2) is 8.18. The van der Waals surface area contributed by atoms with Gasteiger partial charge in [-0.15, -0.1) is 0 Å². The summed E-state index contributed by atoms with van der Waals surface area (Å²) in [4.78, 5) is 25.2. The Morgan fingerprint density at radius 2 is 2.20 bits per heavy atom. The van der Waals surface area contributed by atoms with E-state index in [0.29, 0.717) is 19.6 Å². The molecule has 1 amide bonds. The van der Waals surface area contributed by atoms with Gasteiger partial charge in [0.15, 0.2) is 0 Å². The first-order valence-electron chi connectivity index (χ1n) is 6.88. The average Bonchev–Trinajstić information content (AvgIpc) is 2.90. The fraction of sp³-hybridized carbons (Fsp3) is 0.846. The third kappa shape index (κ3) is 4.16. The molecule has 1 heterocycles. The number of hydrogen-bond acceptors (Lipinski definition) is 5. The van der Waals surface area contributed by atoms with Crippen LogP contribution in [0.2, 0.25) is 0 Å². The van der Waals surface area contributed by atoms with Gasteiger partial charge in [0, 0.05) is 20.3 Å². The number of aliphatic carboxylic acids is 1. The Kier molecular flexibility index (Phi) is 6.90. The van der Waals surface area contributed by atoms with E-state index >= 15 is 0 Å². The van der Waals surface area contributed by atoms with Crippen molar-refractivity contribution in [3.63, 3.8) is 0 Å². The molecule has 1 saturated heterocycles. The lowest BCUT2D eigenvalue weighted by molar-refractivity contribution is -0.145. The molecule has 7 heteroatoms. The van der Waals surface area contributed by atoms with Gasteiger partial charge < -0.3 is 25.2 Å². The molecule has 0 saturated carbocycles. The number of methoxy groups -OCH3 is 1. The molecule has 0 radical (unpaired) electrons. The fourth-order valence-electron chi connectivity index (χ4n) is 2.35. The summed E-state index contributed by atoms with van der Waals surface area (Å²) in [5.41, 5.74) is 5.86. The molecular weight excluding hydrogens is 264 g/mol. The lowest BCUT2D eigenvalue weighted by Crippen LogP contribution is -2.52. The second-order valence-corrected chi connectivity index (χ2v) is 4.97. The molecule has 0 aliphatic carbocycles. The van der Waals surface area contributed by atoms with Crippen LogP contribution in [-0.2, 0) is 19.1 Å². The van der Waals surface area contributed by atoms with Gasteiger partial charge in [0.05, 0.1) is 25.3 Å². The van der Waals surface area contributed by atoms with E-state index in [9.17, 15) is 14.7 Å². The van der Waals surface area contributed by atoms with Crippen molar-refractivity contribution in [2.24, 2.45) is 11.7 Å². The molecule has 1 aliphatic heterocycles. The molecule has 0 aromatic heterocycles. The van der Waals surface area contributed by atoms with E-state index in [1.165, 1.54) is 0 Å². The molecule has 1 rings (SSSR count). The van der Waals surface area contributed by atoms with E-state index in [0.717, 1.165) is 6.42 Å². The van der Waals surface area contributed by atoms with Crippen molar-refractivity contribution < 1.29 is 24.2 Å². The standard InChI is InChI=1S/C13H24N2O5/c1-3-5-15(12(16)10(14)4-6-19-2)11-8-20-7-9(11)13(17)18/h9-11H,3-8,14H2,1-2H3,(H,17,18). The number of hydrogen-bond donors (Lipinski definition) is 2. The Morgan fingerprint density at radius 3 is 2.75 bits per heavy atom. The summed E-state index contributed by atoms with van der Waals surface area (Å²) in [6, 6.07) is -1.11. The molecule has 1 aliphatic rings. The lowest BCUT2D eigenvalue weighted by Gasteiger charge is -2.32. The zero-order chi connectivity index (χ0) is 15.1. The molecule has 3 atom stereocenters. The number of carboxylic acid groups (broad SMARTS) is 1. The third-order valence-corrected chi connectivity index (χ3v) is 3.47. The summed E-state index contributed by atoms with van der Waals surface area (Å²) >= 11 is 0. The topological polar surface area (TPSA) is 102 Å². The number of nitrogens with two attached hydrogens (primary N) is 1. The van der Waals surface area contributed by atoms with Gasteiger partial charge in [-0.2, -0.15) is 0 Å². The largest absolute Gasteiger partial charge is 0.481 e. The van der Waals surface area contributed by atoms with Crippen LogP contribution in [0.4, 0.5) is 0 Å². The minimum atomic E-state index is -0.938. The predicted octanol–water partition coefficient (Wildman–Crippen LogP) is -0.312. The molecule has 116 valence electrons. The van der Waals surface area contributed by atoms with E-state index in [-0.39, 0.29) is 19.1 Å². The minimum Gasteiger partial charge on any atom is -0.481 e. The van der Waals surface area contributed by atoms with Gasteiger partial charge in [-0.25, -0.2) is 0 Å². The highest BCUT2D eigenvalue weighted by molar-refractivity contribution is 5.83. The van der Waals surface area contributed by atoms with Crippen LogP contribution in [0.25, 0.3) is 0 Å². The number of ether oxygens (including phenoxy) is 2. The number of carbonyl (C=O) groups excluding carboxylic acids is 1. The number of carbonyl (C=O) groups is 2. The highest BCUT2D eigenvalue weighted by Crippen LogP contribution is 2.21. The molecule has 3 N–H and O–H groups in total. The van der Waals surface area contributed by atoms with Crippen molar-refractivity contribution in [3.05, 3.63) is 0 Å². The van der Waals surface area contributed by atoms with Crippen LogP contribution in [0.3, 0.4) is 0 Å². The molecule has 0 spiro atoms. The Hall–Kier alpha value is -1.18. The zero-order valence-corrected chi connectivity index (χ0v) is 12.1. The van der Waals surface area contributed by atoms with Crippen LogP contribution in [0.15, 0.2) is 0 Å². The van der Waals surface area contributed by atoms with Crippen LogP contribution in [0.5, 0.6) is 0 Å². The van der Waals surface area contributed by atoms with E-state index in [4.69, 9.17) is 15.2 Å². The van der Waals surface area contributed by atoms with Crippen LogP contribution >= 0.6 is 0 Å². The summed E-state index contributed by atoms with van der Waals surface area (Å²) in [7, 11) is 1.55. The van der Waals surface area contributed by atoms with E-state index in [1.54, 1.807) is 12.0 Å². The molecule has 0 bridgehead atoms. The molecular formula is C13H24N2O5. The number of nitrogens with zero attached hydrogens (tertiary/aromatic N) is 1. The Labute approximate surface area is 119 Å². The van der Waals surface area contributed by atoms with Crippen molar-refractivity contribution in [2.75, 3.05) is 33.5 Å². The van der Waals surface area contributed by atoms with Gasteiger partial charge in [0.25, 0.3) is 0 Å². The zero-order valence-electron chi connectivity index (χ0n) is 12.1. The average molecular weight is 288 g/mol. The predicted molar refractivity (Wildman–Crippen MR) is 72.2 cm³/mol. The first kappa shape index (κ1) is 16.9. The third-order valence-electron chi connectivity index (χ3n) is 3.47. The Morgan fingerprint density at radius 1 is 1.50 bits per heavy atom. The van der Waals surface area contributed by atoms with Crippen molar-refractivity contribution in [2.45, 2.75) is 31.8 Å². The van der Waals surface area contributed by atoms with E-state index < -0.39 is 24.0 Å². The van der Waals surface area contributed by atoms with Gasteiger partial charge in [0.2, 0.25) is 5.91 Å². The fourth-order valence-corrected chi connectivity index (χ4v) is 2.35.